The zero-order chi connectivity index (χ0) is 13.6. The summed E-state index contributed by atoms with van der Waals surface area (Å²) in [6.45, 7) is 1.66. The van der Waals surface area contributed by atoms with E-state index < -0.39 is 16.1 Å². The van der Waals surface area contributed by atoms with Crippen LogP contribution in [0.25, 0.3) is 0 Å². The molecular formula is C12H15ClN2O2S. The summed E-state index contributed by atoms with van der Waals surface area (Å²) in [5.74, 6) is 0.504. The van der Waals surface area contributed by atoms with Crippen LogP contribution in [0.5, 0.6) is 0 Å². The SMILES string of the molecule is CC(CC#N)NS(=O)(=O)c1ccc(CCCl)cc1. The smallest absolute Gasteiger partial charge is 0.207 e. The van der Waals surface area contributed by atoms with E-state index in [1.54, 1.807) is 31.2 Å². The molecule has 0 aliphatic rings. The van der Waals surface area contributed by atoms with E-state index in [1.165, 1.54) is 0 Å². The highest BCUT2D eigenvalue weighted by Gasteiger charge is 2.16. The number of hydrogen-bond acceptors (Lipinski definition) is 3. The second-order valence-electron chi connectivity index (χ2n) is 3.97. The van der Waals surface area contributed by atoms with Gasteiger partial charge in [-0.3, -0.25) is 0 Å². The molecule has 0 aromatic heterocycles. The number of halogens is 1. The third-order valence-electron chi connectivity index (χ3n) is 2.37. The van der Waals surface area contributed by atoms with Gasteiger partial charge in [0, 0.05) is 11.9 Å². The van der Waals surface area contributed by atoms with Gasteiger partial charge < -0.3 is 0 Å². The number of aryl methyl sites for hydroxylation is 1. The lowest BCUT2D eigenvalue weighted by Gasteiger charge is -2.11. The van der Waals surface area contributed by atoms with Crippen molar-refractivity contribution in [2.75, 3.05) is 5.88 Å². The van der Waals surface area contributed by atoms with E-state index in [0.29, 0.717) is 12.3 Å². The number of nitriles is 1. The van der Waals surface area contributed by atoms with E-state index >= 15 is 0 Å². The van der Waals surface area contributed by atoms with Crippen molar-refractivity contribution in [3.8, 4) is 6.07 Å². The van der Waals surface area contributed by atoms with Crippen LogP contribution in [0.3, 0.4) is 0 Å². The van der Waals surface area contributed by atoms with E-state index in [9.17, 15) is 8.42 Å². The Morgan fingerprint density at radius 3 is 2.50 bits per heavy atom. The molecule has 1 rings (SSSR count). The molecule has 0 fully saturated rings. The van der Waals surface area contributed by atoms with Crippen molar-refractivity contribution in [2.45, 2.75) is 30.7 Å². The number of rotatable bonds is 6. The second kappa shape index (κ2) is 6.74. The van der Waals surface area contributed by atoms with Gasteiger partial charge in [0.1, 0.15) is 0 Å². The maximum atomic E-state index is 11.9. The zero-order valence-electron chi connectivity index (χ0n) is 10.1. The van der Waals surface area contributed by atoms with Crippen molar-refractivity contribution >= 4 is 21.6 Å². The van der Waals surface area contributed by atoms with Crippen molar-refractivity contribution in [3.63, 3.8) is 0 Å². The number of nitrogens with one attached hydrogen (secondary N) is 1. The molecule has 0 radical (unpaired) electrons. The summed E-state index contributed by atoms with van der Waals surface area (Å²) in [6.07, 6.45) is 0.851. The molecule has 1 atom stereocenters. The van der Waals surface area contributed by atoms with Crippen molar-refractivity contribution in [1.82, 2.24) is 4.72 Å². The highest BCUT2D eigenvalue weighted by Crippen LogP contribution is 2.12. The number of hydrogen-bond donors (Lipinski definition) is 1. The molecule has 0 aliphatic carbocycles. The normalized spacial score (nSPS) is 12.9. The third-order valence-corrected chi connectivity index (χ3v) is 4.17. The molecule has 0 amide bonds. The van der Waals surface area contributed by atoms with E-state index in [1.807, 2.05) is 6.07 Å². The highest BCUT2D eigenvalue weighted by molar-refractivity contribution is 7.89. The zero-order valence-corrected chi connectivity index (χ0v) is 11.6. The van der Waals surface area contributed by atoms with Crippen LogP contribution >= 0.6 is 11.6 Å². The minimum absolute atomic E-state index is 0.142. The first kappa shape index (κ1) is 15.0. The van der Waals surface area contributed by atoms with Gasteiger partial charge in [-0.05, 0) is 31.0 Å². The van der Waals surface area contributed by atoms with Crippen LogP contribution in [-0.2, 0) is 16.4 Å². The van der Waals surface area contributed by atoms with Crippen LogP contribution in [-0.4, -0.2) is 20.3 Å². The molecule has 0 saturated heterocycles. The average Bonchev–Trinajstić information content (AvgIpc) is 2.29. The van der Waals surface area contributed by atoms with Gasteiger partial charge in [-0.2, -0.15) is 5.26 Å². The van der Waals surface area contributed by atoms with E-state index in [2.05, 4.69) is 4.72 Å². The van der Waals surface area contributed by atoms with Crippen LogP contribution in [0.4, 0.5) is 0 Å². The fourth-order valence-electron chi connectivity index (χ4n) is 1.46. The molecule has 1 N–H and O–H groups in total. The molecule has 0 heterocycles. The van der Waals surface area contributed by atoms with Gasteiger partial charge in [0.2, 0.25) is 10.0 Å². The van der Waals surface area contributed by atoms with Crippen molar-refractivity contribution in [1.29, 1.82) is 5.26 Å². The average molecular weight is 287 g/mol. The lowest BCUT2D eigenvalue weighted by Crippen LogP contribution is -2.32. The molecule has 4 nitrogen and oxygen atoms in total. The van der Waals surface area contributed by atoms with Gasteiger partial charge >= 0.3 is 0 Å². The number of benzene rings is 1. The molecule has 98 valence electrons. The van der Waals surface area contributed by atoms with Crippen molar-refractivity contribution in [3.05, 3.63) is 29.8 Å². The second-order valence-corrected chi connectivity index (χ2v) is 6.06. The van der Waals surface area contributed by atoms with Crippen LogP contribution in [0.15, 0.2) is 29.2 Å². The van der Waals surface area contributed by atoms with Crippen LogP contribution in [0.2, 0.25) is 0 Å². The summed E-state index contributed by atoms with van der Waals surface area (Å²) < 4.78 is 26.3. The van der Waals surface area contributed by atoms with Crippen LogP contribution < -0.4 is 4.72 Å². The standard InChI is InChI=1S/C12H15ClN2O2S/c1-10(7-9-14)15-18(16,17)12-4-2-11(3-5-12)6-8-13/h2-5,10,15H,6-8H2,1H3. The predicted molar refractivity (Wildman–Crippen MR) is 70.9 cm³/mol. The molecule has 0 spiro atoms. The molecule has 1 aromatic carbocycles. The molecule has 0 saturated carbocycles. The first-order valence-corrected chi connectivity index (χ1v) is 7.55. The van der Waals surface area contributed by atoms with Crippen molar-refractivity contribution < 1.29 is 8.42 Å². The number of nitrogens with zero attached hydrogens (tertiary/aromatic N) is 1. The topological polar surface area (TPSA) is 70.0 Å². The van der Waals surface area contributed by atoms with Gasteiger partial charge in [0.05, 0.1) is 17.4 Å². The Morgan fingerprint density at radius 1 is 1.39 bits per heavy atom. The lowest BCUT2D eigenvalue weighted by molar-refractivity contribution is 0.563. The summed E-state index contributed by atoms with van der Waals surface area (Å²) in [4.78, 5) is 0.200. The highest BCUT2D eigenvalue weighted by atomic mass is 35.5. The predicted octanol–water partition coefficient (Wildman–Crippen LogP) is 2.05. The number of sulfonamides is 1. The summed E-state index contributed by atoms with van der Waals surface area (Å²) >= 11 is 5.61. The van der Waals surface area contributed by atoms with E-state index in [0.717, 1.165) is 5.56 Å². The van der Waals surface area contributed by atoms with E-state index in [4.69, 9.17) is 16.9 Å². The van der Waals surface area contributed by atoms with Crippen LogP contribution in [0.1, 0.15) is 18.9 Å². The summed E-state index contributed by atoms with van der Waals surface area (Å²) in [7, 11) is -3.55. The molecule has 0 aliphatic heterocycles. The fraction of sp³-hybridized carbons (Fsp3) is 0.417. The largest absolute Gasteiger partial charge is 0.240 e. The fourth-order valence-corrected chi connectivity index (χ4v) is 2.92. The number of alkyl halides is 1. The lowest BCUT2D eigenvalue weighted by atomic mass is 10.2. The Hall–Kier alpha value is -1.09. The quantitative estimate of drug-likeness (QED) is 0.814. The summed E-state index contributed by atoms with van der Waals surface area (Å²) in [5, 5.41) is 8.50. The molecule has 1 unspecified atom stereocenters. The van der Waals surface area contributed by atoms with Gasteiger partial charge in [0.25, 0.3) is 0 Å². The molecular weight excluding hydrogens is 272 g/mol. The van der Waals surface area contributed by atoms with Crippen molar-refractivity contribution in [2.24, 2.45) is 0 Å². The van der Waals surface area contributed by atoms with Gasteiger partial charge in [-0.1, -0.05) is 12.1 Å². The first-order chi connectivity index (χ1) is 8.49. The summed E-state index contributed by atoms with van der Waals surface area (Å²) in [6, 6.07) is 8.10. The first-order valence-electron chi connectivity index (χ1n) is 5.54. The Labute approximate surface area is 113 Å². The molecule has 1 aromatic rings. The third kappa shape index (κ3) is 4.30. The Morgan fingerprint density at radius 2 is 2.00 bits per heavy atom. The Balaban J connectivity index is 2.82. The Kier molecular flexibility index (Phi) is 5.60. The van der Waals surface area contributed by atoms with Gasteiger partial charge in [-0.15, -0.1) is 11.6 Å². The van der Waals surface area contributed by atoms with Gasteiger partial charge in [0.15, 0.2) is 0 Å². The maximum Gasteiger partial charge on any atom is 0.240 e. The van der Waals surface area contributed by atoms with Crippen LogP contribution in [0, 0.1) is 11.3 Å². The minimum Gasteiger partial charge on any atom is -0.207 e. The van der Waals surface area contributed by atoms with E-state index in [-0.39, 0.29) is 11.3 Å². The molecule has 18 heavy (non-hydrogen) atoms. The molecule has 6 heteroatoms. The molecule has 0 bridgehead atoms. The Bertz CT molecular complexity index is 520. The monoisotopic (exact) mass is 286 g/mol. The van der Waals surface area contributed by atoms with Gasteiger partial charge in [-0.25, -0.2) is 13.1 Å². The summed E-state index contributed by atoms with van der Waals surface area (Å²) in [5.41, 5.74) is 0.994. The minimum atomic E-state index is -3.55. The maximum absolute atomic E-state index is 11.9.